The van der Waals surface area contributed by atoms with Gasteiger partial charge in [0, 0.05) is 6.54 Å². The summed E-state index contributed by atoms with van der Waals surface area (Å²) in [6.07, 6.45) is 2.91. The molecule has 0 saturated heterocycles. The fraction of sp³-hybridized carbons (Fsp3) is 0.500. The molecule has 20 heavy (non-hydrogen) atoms. The number of amides is 1. The lowest BCUT2D eigenvalue weighted by Gasteiger charge is -2.15. The number of nitrogens with one attached hydrogen (secondary N) is 1. The second kappa shape index (κ2) is 6.55. The van der Waals surface area contributed by atoms with Gasteiger partial charge in [0.2, 0.25) is 5.91 Å². The number of carboxylic acid groups (broad SMARTS) is 1. The Labute approximate surface area is 119 Å². The van der Waals surface area contributed by atoms with E-state index in [1.54, 1.807) is 0 Å². The molecule has 4 nitrogen and oxygen atoms in total. The van der Waals surface area contributed by atoms with Crippen molar-refractivity contribution >= 4 is 11.9 Å². The number of aliphatic carboxylic acids is 1. The van der Waals surface area contributed by atoms with E-state index in [1.165, 1.54) is 11.1 Å². The maximum atomic E-state index is 12.1. The Morgan fingerprint density at radius 2 is 1.95 bits per heavy atom. The summed E-state index contributed by atoms with van der Waals surface area (Å²) in [5.74, 6) is -1.82. The van der Waals surface area contributed by atoms with Gasteiger partial charge >= 0.3 is 5.97 Å². The van der Waals surface area contributed by atoms with Crippen LogP contribution < -0.4 is 5.32 Å². The molecule has 2 rings (SSSR count). The topological polar surface area (TPSA) is 66.4 Å². The Bertz CT molecular complexity index is 498. The Morgan fingerprint density at radius 3 is 2.65 bits per heavy atom. The Kier molecular flexibility index (Phi) is 4.77. The molecule has 1 saturated carbocycles. The third-order valence-electron chi connectivity index (χ3n) is 4.12. The summed E-state index contributed by atoms with van der Waals surface area (Å²) >= 11 is 0. The van der Waals surface area contributed by atoms with E-state index in [9.17, 15) is 9.59 Å². The van der Waals surface area contributed by atoms with Crippen LogP contribution >= 0.6 is 0 Å². The van der Waals surface area contributed by atoms with Crippen LogP contribution in [0.25, 0.3) is 0 Å². The lowest BCUT2D eigenvalue weighted by atomic mass is 9.95. The molecule has 2 N–H and O–H groups in total. The maximum Gasteiger partial charge on any atom is 0.307 e. The largest absolute Gasteiger partial charge is 0.481 e. The van der Waals surface area contributed by atoms with Crippen LogP contribution in [-0.2, 0) is 16.0 Å². The van der Waals surface area contributed by atoms with Crippen molar-refractivity contribution in [3.05, 3.63) is 35.4 Å². The lowest BCUT2D eigenvalue weighted by Crippen LogP contribution is -2.36. The number of carbonyl (C=O) groups excluding carboxylic acids is 1. The Balaban J connectivity index is 1.84. The van der Waals surface area contributed by atoms with E-state index in [4.69, 9.17) is 5.11 Å². The van der Waals surface area contributed by atoms with Gasteiger partial charge in [-0.1, -0.05) is 30.7 Å². The van der Waals surface area contributed by atoms with Gasteiger partial charge in [-0.05, 0) is 37.3 Å². The molecule has 0 aromatic heterocycles. The van der Waals surface area contributed by atoms with Crippen molar-refractivity contribution in [2.24, 2.45) is 11.8 Å². The molecule has 1 amide bonds. The van der Waals surface area contributed by atoms with Crippen LogP contribution in [0.1, 0.15) is 30.4 Å². The zero-order chi connectivity index (χ0) is 14.5. The summed E-state index contributed by atoms with van der Waals surface area (Å²) in [6.45, 7) is 2.61. The zero-order valence-corrected chi connectivity index (χ0v) is 11.8. The van der Waals surface area contributed by atoms with E-state index in [1.807, 2.05) is 12.1 Å². The number of hydrogen-bond acceptors (Lipinski definition) is 2. The minimum absolute atomic E-state index is 0.108. The molecule has 0 spiro atoms. The number of benzene rings is 1. The molecule has 4 heteroatoms. The Morgan fingerprint density at radius 1 is 1.25 bits per heavy atom. The summed E-state index contributed by atoms with van der Waals surface area (Å²) in [4.78, 5) is 23.1. The van der Waals surface area contributed by atoms with Gasteiger partial charge in [-0.3, -0.25) is 9.59 Å². The first-order chi connectivity index (χ1) is 9.59. The highest BCUT2D eigenvalue weighted by molar-refractivity contribution is 5.85. The number of hydrogen-bond donors (Lipinski definition) is 2. The van der Waals surface area contributed by atoms with E-state index in [2.05, 4.69) is 24.4 Å². The first kappa shape index (κ1) is 14.6. The molecular formula is C16H21NO3. The summed E-state index contributed by atoms with van der Waals surface area (Å²) in [5.41, 5.74) is 2.43. The van der Waals surface area contributed by atoms with Crippen LogP contribution in [0.5, 0.6) is 0 Å². The standard InChI is InChI=1S/C16H21NO3/c1-11-5-2-3-6-12(11)9-10-17-15(18)13-7-4-8-14(13)16(19)20/h2-3,5-6,13-14H,4,7-10H2,1H3,(H,17,18)(H,19,20)/t13-,14+/m1/s1. The summed E-state index contributed by atoms with van der Waals surface area (Å²) in [6, 6.07) is 8.08. The SMILES string of the molecule is Cc1ccccc1CCNC(=O)[C@@H]1CCC[C@@H]1C(=O)O. The highest BCUT2D eigenvalue weighted by atomic mass is 16.4. The van der Waals surface area contributed by atoms with E-state index >= 15 is 0 Å². The van der Waals surface area contributed by atoms with Crippen LogP contribution in [0, 0.1) is 18.8 Å². The minimum Gasteiger partial charge on any atom is -0.481 e. The molecule has 1 aromatic rings. The van der Waals surface area contributed by atoms with E-state index in [-0.39, 0.29) is 11.8 Å². The minimum atomic E-state index is -0.846. The monoisotopic (exact) mass is 275 g/mol. The predicted octanol–water partition coefficient (Wildman–Crippen LogP) is 2.15. The highest BCUT2D eigenvalue weighted by Gasteiger charge is 2.37. The molecule has 0 bridgehead atoms. The Hall–Kier alpha value is -1.84. The van der Waals surface area contributed by atoms with Crippen LogP contribution in [0.15, 0.2) is 24.3 Å². The maximum absolute atomic E-state index is 12.1. The highest BCUT2D eigenvalue weighted by Crippen LogP contribution is 2.31. The van der Waals surface area contributed by atoms with Gasteiger partial charge in [-0.25, -0.2) is 0 Å². The molecule has 1 aromatic carbocycles. The summed E-state index contributed by atoms with van der Waals surface area (Å²) in [7, 11) is 0. The van der Waals surface area contributed by atoms with Gasteiger partial charge in [0.15, 0.2) is 0 Å². The van der Waals surface area contributed by atoms with Crippen molar-refractivity contribution in [3.63, 3.8) is 0 Å². The molecule has 0 aliphatic heterocycles. The predicted molar refractivity (Wildman–Crippen MR) is 76.4 cm³/mol. The second-order valence-electron chi connectivity index (χ2n) is 5.45. The molecule has 0 radical (unpaired) electrons. The molecular weight excluding hydrogens is 254 g/mol. The quantitative estimate of drug-likeness (QED) is 0.865. The number of carbonyl (C=O) groups is 2. The second-order valence-corrected chi connectivity index (χ2v) is 5.45. The summed E-state index contributed by atoms with van der Waals surface area (Å²) in [5, 5.41) is 12.0. The number of rotatable bonds is 5. The van der Waals surface area contributed by atoms with Crippen molar-refractivity contribution in [2.75, 3.05) is 6.54 Å². The van der Waals surface area contributed by atoms with Crippen LogP contribution in [0.4, 0.5) is 0 Å². The molecule has 0 unspecified atom stereocenters. The molecule has 0 heterocycles. The fourth-order valence-corrected chi connectivity index (χ4v) is 2.91. The van der Waals surface area contributed by atoms with E-state index < -0.39 is 11.9 Å². The van der Waals surface area contributed by atoms with Crippen LogP contribution in [0.3, 0.4) is 0 Å². The number of aryl methyl sites for hydroxylation is 1. The number of carboxylic acids is 1. The van der Waals surface area contributed by atoms with Crippen molar-refractivity contribution < 1.29 is 14.7 Å². The normalized spacial score (nSPS) is 21.6. The van der Waals surface area contributed by atoms with Crippen molar-refractivity contribution in [1.82, 2.24) is 5.32 Å². The fourth-order valence-electron chi connectivity index (χ4n) is 2.91. The zero-order valence-electron chi connectivity index (χ0n) is 11.8. The smallest absolute Gasteiger partial charge is 0.307 e. The van der Waals surface area contributed by atoms with Crippen molar-refractivity contribution in [3.8, 4) is 0 Å². The van der Waals surface area contributed by atoms with Crippen LogP contribution in [-0.4, -0.2) is 23.5 Å². The molecule has 1 aliphatic rings. The average Bonchev–Trinajstić information content (AvgIpc) is 2.90. The van der Waals surface area contributed by atoms with Crippen molar-refractivity contribution in [2.45, 2.75) is 32.6 Å². The average molecular weight is 275 g/mol. The van der Waals surface area contributed by atoms with Gasteiger partial charge in [-0.15, -0.1) is 0 Å². The lowest BCUT2D eigenvalue weighted by molar-refractivity contribution is -0.146. The molecule has 108 valence electrons. The van der Waals surface area contributed by atoms with E-state index in [0.717, 1.165) is 12.8 Å². The van der Waals surface area contributed by atoms with Crippen molar-refractivity contribution in [1.29, 1.82) is 0 Å². The first-order valence-corrected chi connectivity index (χ1v) is 7.14. The first-order valence-electron chi connectivity index (χ1n) is 7.14. The van der Waals surface area contributed by atoms with Gasteiger partial charge < -0.3 is 10.4 Å². The van der Waals surface area contributed by atoms with Gasteiger partial charge in [0.05, 0.1) is 11.8 Å². The molecule has 2 atom stereocenters. The van der Waals surface area contributed by atoms with Gasteiger partial charge in [-0.2, -0.15) is 0 Å². The third-order valence-corrected chi connectivity index (χ3v) is 4.12. The van der Waals surface area contributed by atoms with E-state index in [0.29, 0.717) is 19.4 Å². The summed E-state index contributed by atoms with van der Waals surface area (Å²) < 4.78 is 0. The van der Waals surface area contributed by atoms with Gasteiger partial charge in [0.25, 0.3) is 0 Å². The third kappa shape index (κ3) is 3.38. The molecule has 1 fully saturated rings. The molecule has 1 aliphatic carbocycles. The van der Waals surface area contributed by atoms with Crippen LogP contribution in [0.2, 0.25) is 0 Å². The van der Waals surface area contributed by atoms with Gasteiger partial charge in [0.1, 0.15) is 0 Å².